The molecule has 1 aromatic heterocycles. The standard InChI is InChI=1S/C22H24N4O3/c1-4-17-10-12-19(13-11-17)29-15-21(27)24-23-14-20-16(2)22(28)26(25(20)3)18-8-6-5-7-9-18/h5-14H,4,15H2,1-3H3,(H,24,27)/b23-14-. The normalized spacial score (nSPS) is 11.0. The smallest absolute Gasteiger partial charge is 0.277 e. The van der Waals surface area contributed by atoms with Crippen LogP contribution in [0, 0.1) is 6.92 Å². The zero-order valence-corrected chi connectivity index (χ0v) is 16.8. The van der Waals surface area contributed by atoms with Gasteiger partial charge in [-0.2, -0.15) is 5.10 Å². The summed E-state index contributed by atoms with van der Waals surface area (Å²) >= 11 is 0. The summed E-state index contributed by atoms with van der Waals surface area (Å²) in [6, 6.07) is 16.9. The molecule has 0 saturated heterocycles. The average molecular weight is 392 g/mol. The number of amides is 1. The topological polar surface area (TPSA) is 77.6 Å². The molecule has 150 valence electrons. The highest BCUT2D eigenvalue weighted by molar-refractivity contribution is 5.82. The van der Waals surface area contributed by atoms with Crippen molar-refractivity contribution in [3.8, 4) is 11.4 Å². The van der Waals surface area contributed by atoms with Gasteiger partial charge in [-0.25, -0.2) is 10.1 Å². The van der Waals surface area contributed by atoms with Crippen LogP contribution < -0.4 is 15.7 Å². The molecule has 7 nitrogen and oxygen atoms in total. The molecule has 1 amide bonds. The van der Waals surface area contributed by atoms with Gasteiger partial charge in [-0.3, -0.25) is 14.3 Å². The molecule has 0 aliphatic carbocycles. The molecule has 0 fully saturated rings. The summed E-state index contributed by atoms with van der Waals surface area (Å²) < 4.78 is 8.71. The summed E-state index contributed by atoms with van der Waals surface area (Å²) in [6.07, 6.45) is 2.41. The molecule has 7 heteroatoms. The van der Waals surface area contributed by atoms with Crippen molar-refractivity contribution in [2.24, 2.45) is 12.1 Å². The zero-order chi connectivity index (χ0) is 20.8. The molecular formula is C22H24N4O3. The zero-order valence-electron chi connectivity index (χ0n) is 16.8. The summed E-state index contributed by atoms with van der Waals surface area (Å²) in [7, 11) is 1.77. The van der Waals surface area contributed by atoms with Crippen LogP contribution in [-0.2, 0) is 18.3 Å². The number of hydrazone groups is 1. The lowest BCUT2D eigenvalue weighted by Gasteiger charge is -2.08. The number of para-hydroxylation sites is 1. The van der Waals surface area contributed by atoms with Crippen LogP contribution >= 0.6 is 0 Å². The summed E-state index contributed by atoms with van der Waals surface area (Å²) in [6.45, 7) is 3.66. The average Bonchev–Trinajstić information content (AvgIpc) is 2.96. The van der Waals surface area contributed by atoms with Crippen LogP contribution in [0.25, 0.3) is 5.69 Å². The van der Waals surface area contributed by atoms with Crippen molar-refractivity contribution in [2.45, 2.75) is 20.3 Å². The van der Waals surface area contributed by atoms with Gasteiger partial charge in [-0.05, 0) is 43.2 Å². The largest absolute Gasteiger partial charge is 0.484 e. The lowest BCUT2D eigenvalue weighted by molar-refractivity contribution is -0.123. The number of ether oxygens (including phenoxy) is 1. The van der Waals surface area contributed by atoms with E-state index in [4.69, 9.17) is 4.74 Å². The van der Waals surface area contributed by atoms with Gasteiger partial charge < -0.3 is 4.74 Å². The first-order valence-corrected chi connectivity index (χ1v) is 9.39. The molecule has 3 rings (SSSR count). The third-order valence-electron chi connectivity index (χ3n) is 4.62. The third-order valence-corrected chi connectivity index (χ3v) is 4.62. The maximum Gasteiger partial charge on any atom is 0.277 e. The number of benzene rings is 2. The molecule has 0 atom stereocenters. The summed E-state index contributed by atoms with van der Waals surface area (Å²) in [5.41, 5.74) is 5.41. The number of nitrogens with one attached hydrogen (secondary N) is 1. The molecule has 29 heavy (non-hydrogen) atoms. The number of hydrogen-bond donors (Lipinski definition) is 1. The lowest BCUT2D eigenvalue weighted by atomic mass is 10.2. The Morgan fingerprint density at radius 2 is 1.83 bits per heavy atom. The van der Waals surface area contributed by atoms with Gasteiger partial charge in [-0.1, -0.05) is 37.3 Å². The summed E-state index contributed by atoms with van der Waals surface area (Å²) in [5, 5.41) is 3.97. The van der Waals surface area contributed by atoms with Gasteiger partial charge in [0, 0.05) is 12.6 Å². The number of carbonyl (C=O) groups excluding carboxylic acids is 1. The van der Waals surface area contributed by atoms with Gasteiger partial charge in [-0.15, -0.1) is 0 Å². The molecule has 1 heterocycles. The van der Waals surface area contributed by atoms with Crippen molar-refractivity contribution in [2.75, 3.05) is 6.61 Å². The molecule has 0 saturated carbocycles. The van der Waals surface area contributed by atoms with E-state index in [0.717, 1.165) is 12.1 Å². The lowest BCUT2D eigenvalue weighted by Crippen LogP contribution is -2.24. The highest BCUT2D eigenvalue weighted by Gasteiger charge is 2.14. The predicted octanol–water partition coefficient (Wildman–Crippen LogP) is 2.58. The van der Waals surface area contributed by atoms with Crippen LogP contribution in [0.4, 0.5) is 0 Å². The fraction of sp³-hybridized carbons (Fsp3) is 0.227. The number of hydrogen-bond acceptors (Lipinski definition) is 4. The number of aryl methyl sites for hydroxylation is 1. The molecule has 2 aromatic carbocycles. The first kappa shape index (κ1) is 20.1. The van der Waals surface area contributed by atoms with E-state index in [0.29, 0.717) is 17.0 Å². The Kier molecular flexibility index (Phi) is 6.29. The summed E-state index contributed by atoms with van der Waals surface area (Å²) in [5.74, 6) is 0.241. The quantitative estimate of drug-likeness (QED) is 0.496. The Morgan fingerprint density at radius 3 is 2.48 bits per heavy atom. The molecular weight excluding hydrogens is 368 g/mol. The molecule has 3 aromatic rings. The molecule has 0 bridgehead atoms. The van der Waals surface area contributed by atoms with Crippen LogP contribution in [0.1, 0.15) is 23.7 Å². The molecule has 1 N–H and O–H groups in total. The molecule has 0 aliphatic rings. The molecule has 0 radical (unpaired) electrons. The van der Waals surface area contributed by atoms with E-state index < -0.39 is 0 Å². The SMILES string of the molecule is CCc1ccc(OCC(=O)N/N=C\c2c(C)c(=O)n(-c3ccccc3)n2C)cc1. The van der Waals surface area contributed by atoms with Crippen molar-refractivity contribution in [1.29, 1.82) is 0 Å². The molecule has 0 unspecified atom stereocenters. The Balaban J connectivity index is 1.64. The van der Waals surface area contributed by atoms with E-state index in [1.165, 1.54) is 11.8 Å². The van der Waals surface area contributed by atoms with Crippen LogP contribution in [0.5, 0.6) is 5.75 Å². The van der Waals surface area contributed by atoms with E-state index in [2.05, 4.69) is 17.5 Å². The van der Waals surface area contributed by atoms with Crippen LogP contribution in [0.15, 0.2) is 64.5 Å². The number of rotatable bonds is 7. The van der Waals surface area contributed by atoms with Crippen LogP contribution in [0.2, 0.25) is 0 Å². The highest BCUT2D eigenvalue weighted by Crippen LogP contribution is 2.12. The van der Waals surface area contributed by atoms with Crippen molar-refractivity contribution in [3.05, 3.63) is 81.8 Å². The van der Waals surface area contributed by atoms with Crippen molar-refractivity contribution < 1.29 is 9.53 Å². The van der Waals surface area contributed by atoms with Gasteiger partial charge >= 0.3 is 0 Å². The minimum Gasteiger partial charge on any atom is -0.484 e. The van der Waals surface area contributed by atoms with Gasteiger partial charge in [0.2, 0.25) is 0 Å². The Labute approximate surface area is 169 Å². The monoisotopic (exact) mass is 392 g/mol. The minimum atomic E-state index is -0.383. The molecule has 0 spiro atoms. The second-order valence-electron chi connectivity index (χ2n) is 6.57. The fourth-order valence-electron chi connectivity index (χ4n) is 2.96. The predicted molar refractivity (Wildman–Crippen MR) is 113 cm³/mol. The minimum absolute atomic E-state index is 0.134. The van der Waals surface area contributed by atoms with E-state index in [9.17, 15) is 9.59 Å². The highest BCUT2D eigenvalue weighted by atomic mass is 16.5. The van der Waals surface area contributed by atoms with Crippen molar-refractivity contribution >= 4 is 12.1 Å². The van der Waals surface area contributed by atoms with Gasteiger partial charge in [0.15, 0.2) is 6.61 Å². The van der Waals surface area contributed by atoms with Crippen molar-refractivity contribution in [1.82, 2.24) is 14.8 Å². The van der Waals surface area contributed by atoms with Crippen molar-refractivity contribution in [3.63, 3.8) is 0 Å². The van der Waals surface area contributed by atoms with E-state index in [-0.39, 0.29) is 18.1 Å². The molecule has 0 aliphatic heterocycles. The second kappa shape index (κ2) is 9.05. The van der Waals surface area contributed by atoms with Crippen LogP contribution in [0.3, 0.4) is 0 Å². The number of nitrogens with zero attached hydrogens (tertiary/aromatic N) is 3. The van der Waals surface area contributed by atoms with Gasteiger partial charge in [0.25, 0.3) is 11.5 Å². The summed E-state index contributed by atoms with van der Waals surface area (Å²) in [4.78, 5) is 24.6. The third kappa shape index (κ3) is 4.63. The van der Waals surface area contributed by atoms with Crippen LogP contribution in [-0.4, -0.2) is 28.1 Å². The fourth-order valence-corrected chi connectivity index (χ4v) is 2.96. The maximum atomic E-state index is 12.6. The Morgan fingerprint density at radius 1 is 1.14 bits per heavy atom. The second-order valence-corrected chi connectivity index (χ2v) is 6.57. The Hall–Kier alpha value is -3.61. The number of carbonyl (C=O) groups is 1. The Bertz CT molecular complexity index is 1060. The first-order valence-electron chi connectivity index (χ1n) is 9.39. The first-order chi connectivity index (χ1) is 14.0. The van der Waals surface area contributed by atoms with Gasteiger partial charge in [0.1, 0.15) is 5.75 Å². The van der Waals surface area contributed by atoms with Gasteiger partial charge in [0.05, 0.1) is 17.6 Å². The number of aromatic nitrogens is 2. The van der Waals surface area contributed by atoms with E-state index in [1.807, 2.05) is 54.6 Å². The van der Waals surface area contributed by atoms with E-state index in [1.54, 1.807) is 23.3 Å². The maximum absolute atomic E-state index is 12.6. The van der Waals surface area contributed by atoms with E-state index >= 15 is 0 Å².